The topological polar surface area (TPSA) is 108 Å². The van der Waals surface area contributed by atoms with Crippen LogP contribution in [-0.2, 0) is 11.3 Å². The number of aromatic nitrogens is 6. The number of nitrogens with one attached hydrogen (secondary N) is 1. The van der Waals surface area contributed by atoms with Crippen LogP contribution in [0.4, 0.5) is 0 Å². The predicted molar refractivity (Wildman–Crippen MR) is 81.9 cm³/mol. The largest absolute Gasteiger partial charge is 0.354 e. The van der Waals surface area contributed by atoms with Crippen molar-refractivity contribution in [3.8, 4) is 0 Å². The van der Waals surface area contributed by atoms with Crippen LogP contribution in [0.5, 0.6) is 0 Å². The summed E-state index contributed by atoms with van der Waals surface area (Å²) >= 11 is 0. The molecular formula is C14H21N7O2. The molecule has 0 aromatic carbocycles. The van der Waals surface area contributed by atoms with E-state index in [2.05, 4.69) is 25.9 Å². The van der Waals surface area contributed by atoms with Crippen LogP contribution in [0.25, 0.3) is 0 Å². The molecule has 2 aromatic heterocycles. The number of carbonyl (C=O) groups is 2. The van der Waals surface area contributed by atoms with E-state index < -0.39 is 0 Å². The van der Waals surface area contributed by atoms with Crippen molar-refractivity contribution in [3.63, 3.8) is 0 Å². The minimum Gasteiger partial charge on any atom is -0.354 e. The van der Waals surface area contributed by atoms with Gasteiger partial charge in [0.2, 0.25) is 5.91 Å². The van der Waals surface area contributed by atoms with Crippen molar-refractivity contribution in [2.45, 2.75) is 46.7 Å². The molecule has 0 aliphatic heterocycles. The second kappa shape index (κ2) is 7.12. The normalized spacial score (nSPS) is 12.2. The number of aryl methyl sites for hydroxylation is 1. The minimum atomic E-state index is -0.130. The highest BCUT2D eigenvalue weighted by atomic mass is 16.1. The van der Waals surface area contributed by atoms with E-state index in [0.717, 1.165) is 5.69 Å². The van der Waals surface area contributed by atoms with Gasteiger partial charge in [-0.15, -0.1) is 5.10 Å². The molecule has 1 amide bonds. The number of Topliss-reactive ketones (excluding diaryl/α,β-unsaturated/α-hetero) is 1. The Labute approximate surface area is 134 Å². The van der Waals surface area contributed by atoms with Gasteiger partial charge in [0.25, 0.3) is 0 Å². The molecule has 2 rings (SSSR count). The molecule has 0 aliphatic rings. The number of hydrogen-bond donors (Lipinski definition) is 1. The summed E-state index contributed by atoms with van der Waals surface area (Å²) in [6.07, 6.45) is 1.78. The average molecular weight is 319 g/mol. The first kappa shape index (κ1) is 16.8. The van der Waals surface area contributed by atoms with E-state index >= 15 is 0 Å². The molecule has 0 unspecified atom stereocenters. The summed E-state index contributed by atoms with van der Waals surface area (Å²) in [4.78, 5) is 23.7. The Kier molecular flexibility index (Phi) is 5.20. The van der Waals surface area contributed by atoms with Crippen LogP contribution in [0.3, 0.4) is 0 Å². The molecule has 1 atom stereocenters. The molecule has 0 saturated heterocycles. The highest BCUT2D eigenvalue weighted by Crippen LogP contribution is 2.19. The third-order valence-electron chi connectivity index (χ3n) is 3.63. The number of ketones is 1. The number of hydrogen-bond acceptors (Lipinski definition) is 6. The van der Waals surface area contributed by atoms with Crippen molar-refractivity contribution in [3.05, 3.63) is 23.3 Å². The zero-order chi connectivity index (χ0) is 17.0. The molecular weight excluding hydrogens is 298 g/mol. The second-order valence-corrected chi connectivity index (χ2v) is 5.52. The van der Waals surface area contributed by atoms with E-state index in [1.54, 1.807) is 16.3 Å². The first-order valence-electron chi connectivity index (χ1n) is 7.44. The Hall–Kier alpha value is -2.58. The lowest BCUT2D eigenvalue weighted by molar-refractivity contribution is -0.121. The fourth-order valence-electron chi connectivity index (χ4n) is 2.62. The van der Waals surface area contributed by atoms with Gasteiger partial charge < -0.3 is 5.32 Å². The molecule has 124 valence electrons. The van der Waals surface area contributed by atoms with Gasteiger partial charge in [0.1, 0.15) is 6.33 Å². The van der Waals surface area contributed by atoms with Gasteiger partial charge in [0, 0.05) is 18.7 Å². The molecule has 9 nitrogen and oxygen atoms in total. The van der Waals surface area contributed by atoms with E-state index in [-0.39, 0.29) is 24.2 Å². The summed E-state index contributed by atoms with van der Waals surface area (Å²) in [6, 6.07) is -0.130. The zero-order valence-electron chi connectivity index (χ0n) is 13.8. The molecule has 1 N–H and O–H groups in total. The van der Waals surface area contributed by atoms with Crippen molar-refractivity contribution in [1.29, 1.82) is 0 Å². The van der Waals surface area contributed by atoms with Crippen molar-refractivity contribution >= 4 is 11.7 Å². The lowest BCUT2D eigenvalue weighted by Gasteiger charge is -2.14. The molecule has 0 spiro atoms. The first-order chi connectivity index (χ1) is 10.9. The average Bonchev–Trinajstić information content (AvgIpc) is 3.06. The van der Waals surface area contributed by atoms with Gasteiger partial charge in [-0.05, 0) is 38.1 Å². The van der Waals surface area contributed by atoms with Crippen LogP contribution >= 0.6 is 0 Å². The molecule has 2 aromatic rings. The fourth-order valence-corrected chi connectivity index (χ4v) is 2.62. The van der Waals surface area contributed by atoms with Crippen molar-refractivity contribution in [2.75, 3.05) is 6.54 Å². The van der Waals surface area contributed by atoms with Gasteiger partial charge in [0.05, 0.1) is 23.8 Å². The molecule has 0 saturated carbocycles. The minimum absolute atomic E-state index is 0.00987. The molecule has 0 radical (unpaired) electrons. The first-order valence-corrected chi connectivity index (χ1v) is 7.44. The van der Waals surface area contributed by atoms with Crippen LogP contribution < -0.4 is 5.32 Å². The van der Waals surface area contributed by atoms with E-state index in [4.69, 9.17) is 0 Å². The zero-order valence-corrected chi connectivity index (χ0v) is 13.8. The molecule has 9 heteroatoms. The summed E-state index contributed by atoms with van der Waals surface area (Å²) in [7, 11) is 0. The fraction of sp³-hybridized carbons (Fsp3) is 0.571. The van der Waals surface area contributed by atoms with Gasteiger partial charge in [-0.3, -0.25) is 14.3 Å². The van der Waals surface area contributed by atoms with Crippen LogP contribution in [0.2, 0.25) is 0 Å². The van der Waals surface area contributed by atoms with E-state index in [0.29, 0.717) is 24.3 Å². The van der Waals surface area contributed by atoms with Gasteiger partial charge in [-0.1, -0.05) is 0 Å². The molecule has 0 bridgehead atoms. The van der Waals surface area contributed by atoms with Crippen LogP contribution in [0.1, 0.15) is 48.1 Å². The number of rotatable bonds is 7. The summed E-state index contributed by atoms with van der Waals surface area (Å²) in [5.74, 6) is -0.0909. The predicted octanol–water partition coefficient (Wildman–Crippen LogP) is 0.457. The number of amides is 1. The summed E-state index contributed by atoms with van der Waals surface area (Å²) in [5, 5.41) is 18.0. The van der Waals surface area contributed by atoms with Crippen molar-refractivity contribution < 1.29 is 9.59 Å². The molecule has 2 heterocycles. The number of carbonyl (C=O) groups excluding carboxylic acids is 2. The maximum Gasteiger partial charge on any atom is 0.222 e. The van der Waals surface area contributed by atoms with Crippen LogP contribution in [0, 0.1) is 13.8 Å². The van der Waals surface area contributed by atoms with Gasteiger partial charge >= 0.3 is 0 Å². The Bertz CT molecular complexity index is 690. The third-order valence-corrected chi connectivity index (χ3v) is 3.63. The lowest BCUT2D eigenvalue weighted by atomic mass is 10.1. The summed E-state index contributed by atoms with van der Waals surface area (Å²) < 4.78 is 3.29. The second-order valence-electron chi connectivity index (χ2n) is 5.52. The highest BCUT2D eigenvalue weighted by Gasteiger charge is 2.20. The smallest absolute Gasteiger partial charge is 0.222 e. The van der Waals surface area contributed by atoms with Gasteiger partial charge in [-0.25, -0.2) is 4.68 Å². The Morgan fingerprint density at radius 2 is 2.09 bits per heavy atom. The van der Waals surface area contributed by atoms with Gasteiger partial charge in [-0.2, -0.15) is 5.10 Å². The number of nitrogens with zero attached hydrogens (tertiary/aromatic N) is 6. The third kappa shape index (κ3) is 3.99. The number of tetrazole rings is 1. The monoisotopic (exact) mass is 319 g/mol. The quantitative estimate of drug-likeness (QED) is 0.743. The van der Waals surface area contributed by atoms with E-state index in [1.807, 2.05) is 13.8 Å². The molecule has 23 heavy (non-hydrogen) atoms. The van der Waals surface area contributed by atoms with E-state index in [9.17, 15) is 9.59 Å². The van der Waals surface area contributed by atoms with Crippen LogP contribution in [0.15, 0.2) is 6.33 Å². The van der Waals surface area contributed by atoms with E-state index in [1.165, 1.54) is 13.3 Å². The van der Waals surface area contributed by atoms with Crippen molar-refractivity contribution in [1.82, 2.24) is 35.3 Å². The Morgan fingerprint density at radius 3 is 2.65 bits per heavy atom. The molecule has 0 fully saturated rings. The lowest BCUT2D eigenvalue weighted by Crippen LogP contribution is -2.29. The summed E-state index contributed by atoms with van der Waals surface area (Å²) in [5.41, 5.74) is 2.13. The Balaban J connectivity index is 1.91. The maximum absolute atomic E-state index is 12.0. The SMILES string of the molecule is CC(=O)c1c(C)nn([C@H](C)CC(=O)NCCn2cnnn2)c1C. The highest BCUT2D eigenvalue weighted by molar-refractivity contribution is 5.96. The standard InChI is InChI=1S/C14H21N7O2/c1-9(21-11(3)14(12(4)22)10(2)17-21)7-13(23)15-5-6-20-8-16-18-19-20/h8-9H,5-7H2,1-4H3,(H,15,23)/t9-/m1/s1. The van der Waals surface area contributed by atoms with Crippen molar-refractivity contribution in [2.24, 2.45) is 0 Å². The van der Waals surface area contributed by atoms with Crippen LogP contribution in [-0.4, -0.2) is 48.2 Å². The molecule has 0 aliphatic carbocycles. The summed E-state index contributed by atoms with van der Waals surface area (Å²) in [6.45, 7) is 8.05. The Morgan fingerprint density at radius 1 is 1.35 bits per heavy atom. The van der Waals surface area contributed by atoms with Gasteiger partial charge in [0.15, 0.2) is 5.78 Å². The maximum atomic E-state index is 12.0.